The van der Waals surface area contributed by atoms with E-state index in [0.717, 1.165) is 4.48 Å². The summed E-state index contributed by atoms with van der Waals surface area (Å²) in [6.45, 7) is 4.02. The van der Waals surface area contributed by atoms with Crippen LogP contribution in [-0.2, 0) is 0 Å². The largest absolute Gasteiger partial charge is 0.347 e. The first-order valence-corrected chi connectivity index (χ1v) is 6.03. The standard InChI is InChI=1S/C10H8Br2ClNO/c1-6(11)5-14-10(15)8-3-2-7(13)4-9(8)12/h2-4H,1,5H2,(H,14,15). The Morgan fingerprint density at radius 2 is 2.20 bits per heavy atom. The van der Waals surface area contributed by atoms with Crippen LogP contribution in [0, 0.1) is 0 Å². The molecule has 0 heterocycles. The molecule has 0 aliphatic carbocycles. The van der Waals surface area contributed by atoms with E-state index in [2.05, 4.69) is 43.8 Å². The van der Waals surface area contributed by atoms with Crippen LogP contribution in [0.1, 0.15) is 10.4 Å². The van der Waals surface area contributed by atoms with Crippen LogP contribution < -0.4 is 5.32 Å². The van der Waals surface area contributed by atoms with Gasteiger partial charge in [0.25, 0.3) is 5.91 Å². The molecule has 0 saturated carbocycles. The minimum Gasteiger partial charge on any atom is -0.347 e. The van der Waals surface area contributed by atoms with Gasteiger partial charge in [0, 0.05) is 20.5 Å². The van der Waals surface area contributed by atoms with Gasteiger partial charge in [-0.25, -0.2) is 0 Å². The van der Waals surface area contributed by atoms with Gasteiger partial charge < -0.3 is 5.32 Å². The molecule has 0 unspecified atom stereocenters. The topological polar surface area (TPSA) is 29.1 Å². The number of hydrogen-bond donors (Lipinski definition) is 1. The zero-order valence-corrected chi connectivity index (χ0v) is 11.6. The lowest BCUT2D eigenvalue weighted by atomic mass is 10.2. The van der Waals surface area contributed by atoms with Crippen LogP contribution in [0.3, 0.4) is 0 Å². The van der Waals surface area contributed by atoms with Crippen molar-refractivity contribution < 1.29 is 4.79 Å². The molecule has 0 fully saturated rings. The second kappa shape index (κ2) is 5.68. The van der Waals surface area contributed by atoms with E-state index >= 15 is 0 Å². The summed E-state index contributed by atoms with van der Waals surface area (Å²) in [6, 6.07) is 5.02. The van der Waals surface area contributed by atoms with Gasteiger partial charge in [-0.05, 0) is 34.1 Å². The summed E-state index contributed by atoms with van der Waals surface area (Å²) < 4.78 is 1.40. The molecule has 1 aromatic carbocycles. The Morgan fingerprint density at radius 3 is 2.73 bits per heavy atom. The Hall–Kier alpha value is -0.320. The first kappa shape index (κ1) is 12.7. The number of hydrogen-bond acceptors (Lipinski definition) is 1. The molecule has 0 aliphatic rings. The van der Waals surface area contributed by atoms with Gasteiger partial charge in [-0.2, -0.15) is 0 Å². The van der Waals surface area contributed by atoms with Crippen molar-refractivity contribution in [2.75, 3.05) is 6.54 Å². The predicted octanol–water partition coefficient (Wildman–Crippen LogP) is 3.74. The molecule has 0 aromatic heterocycles. The smallest absolute Gasteiger partial charge is 0.252 e. The maximum Gasteiger partial charge on any atom is 0.252 e. The lowest BCUT2D eigenvalue weighted by molar-refractivity contribution is 0.0957. The summed E-state index contributed by atoms with van der Waals surface area (Å²) in [7, 11) is 0. The summed E-state index contributed by atoms with van der Waals surface area (Å²) in [5.74, 6) is -0.167. The molecule has 1 N–H and O–H groups in total. The van der Waals surface area contributed by atoms with Gasteiger partial charge in [0.05, 0.1) is 5.56 Å². The lowest BCUT2D eigenvalue weighted by Crippen LogP contribution is -2.24. The van der Waals surface area contributed by atoms with E-state index in [1.807, 2.05) is 0 Å². The van der Waals surface area contributed by atoms with E-state index in [1.54, 1.807) is 18.2 Å². The number of carbonyl (C=O) groups excluding carboxylic acids is 1. The zero-order chi connectivity index (χ0) is 11.4. The highest BCUT2D eigenvalue weighted by Gasteiger charge is 2.09. The van der Waals surface area contributed by atoms with Crippen LogP contribution >= 0.6 is 43.5 Å². The van der Waals surface area contributed by atoms with Crippen LogP contribution in [0.25, 0.3) is 0 Å². The molecule has 15 heavy (non-hydrogen) atoms. The molecule has 0 saturated heterocycles. The summed E-state index contributed by atoms with van der Waals surface area (Å²) in [5, 5.41) is 3.29. The van der Waals surface area contributed by atoms with Gasteiger partial charge in [0.15, 0.2) is 0 Å². The minimum atomic E-state index is -0.167. The number of benzene rings is 1. The highest BCUT2D eigenvalue weighted by Crippen LogP contribution is 2.21. The van der Waals surface area contributed by atoms with E-state index in [-0.39, 0.29) is 5.91 Å². The minimum absolute atomic E-state index is 0.167. The second-order valence-electron chi connectivity index (χ2n) is 2.82. The number of amides is 1. The third-order valence-electron chi connectivity index (χ3n) is 1.62. The molecule has 0 aliphatic heterocycles. The normalized spacial score (nSPS) is 9.80. The summed E-state index contributed by atoms with van der Waals surface area (Å²) >= 11 is 12.2. The van der Waals surface area contributed by atoms with Gasteiger partial charge in [-0.15, -0.1) is 0 Å². The lowest BCUT2D eigenvalue weighted by Gasteiger charge is -2.06. The number of rotatable bonds is 3. The van der Waals surface area contributed by atoms with Crippen molar-refractivity contribution in [3.63, 3.8) is 0 Å². The molecule has 2 nitrogen and oxygen atoms in total. The van der Waals surface area contributed by atoms with Gasteiger partial charge in [0.1, 0.15) is 0 Å². The van der Waals surface area contributed by atoms with Crippen molar-refractivity contribution in [1.29, 1.82) is 0 Å². The molecule has 0 radical (unpaired) electrons. The molecular weight excluding hydrogens is 345 g/mol. The van der Waals surface area contributed by atoms with E-state index in [1.165, 1.54) is 0 Å². The summed E-state index contributed by atoms with van der Waals surface area (Å²) in [4.78, 5) is 11.6. The molecule has 0 bridgehead atoms. The van der Waals surface area contributed by atoms with E-state index < -0.39 is 0 Å². The van der Waals surface area contributed by atoms with Crippen LogP contribution in [0.4, 0.5) is 0 Å². The van der Waals surface area contributed by atoms with E-state index in [4.69, 9.17) is 11.6 Å². The van der Waals surface area contributed by atoms with E-state index in [0.29, 0.717) is 21.6 Å². The quantitative estimate of drug-likeness (QED) is 0.881. The average molecular weight is 353 g/mol. The van der Waals surface area contributed by atoms with Gasteiger partial charge in [-0.3, -0.25) is 4.79 Å². The van der Waals surface area contributed by atoms with Crippen LogP contribution in [0.5, 0.6) is 0 Å². The van der Waals surface area contributed by atoms with E-state index in [9.17, 15) is 4.79 Å². The Kier molecular flexibility index (Phi) is 4.83. The third kappa shape index (κ3) is 3.97. The van der Waals surface area contributed by atoms with Crippen LogP contribution in [-0.4, -0.2) is 12.5 Å². The maximum absolute atomic E-state index is 11.6. The van der Waals surface area contributed by atoms with Crippen molar-refractivity contribution in [1.82, 2.24) is 5.32 Å². The fraction of sp³-hybridized carbons (Fsp3) is 0.100. The summed E-state index contributed by atoms with van der Waals surface area (Å²) in [5.41, 5.74) is 0.549. The third-order valence-corrected chi connectivity index (χ3v) is 2.79. The fourth-order valence-electron chi connectivity index (χ4n) is 0.945. The average Bonchev–Trinajstić information content (AvgIpc) is 2.14. The van der Waals surface area contributed by atoms with Crippen molar-refractivity contribution >= 4 is 49.4 Å². The van der Waals surface area contributed by atoms with Crippen LogP contribution in [0.2, 0.25) is 5.02 Å². The number of carbonyl (C=O) groups is 1. The highest BCUT2D eigenvalue weighted by atomic mass is 79.9. The molecule has 80 valence electrons. The molecule has 1 rings (SSSR count). The Morgan fingerprint density at radius 1 is 1.53 bits per heavy atom. The summed E-state index contributed by atoms with van der Waals surface area (Å²) in [6.07, 6.45) is 0. The molecule has 5 heteroatoms. The van der Waals surface area contributed by atoms with Crippen LogP contribution in [0.15, 0.2) is 33.7 Å². The second-order valence-corrected chi connectivity index (χ2v) is 5.24. The molecule has 1 aromatic rings. The first-order valence-electron chi connectivity index (χ1n) is 4.07. The molecule has 1 amide bonds. The molecule has 0 atom stereocenters. The van der Waals surface area contributed by atoms with Crippen molar-refractivity contribution in [3.8, 4) is 0 Å². The zero-order valence-electron chi connectivity index (χ0n) is 7.69. The van der Waals surface area contributed by atoms with Crippen molar-refractivity contribution in [2.24, 2.45) is 0 Å². The monoisotopic (exact) mass is 351 g/mol. The Bertz CT molecular complexity index is 406. The van der Waals surface area contributed by atoms with Gasteiger partial charge >= 0.3 is 0 Å². The molecular formula is C10H8Br2ClNO. The number of halogens is 3. The first-order chi connectivity index (χ1) is 7.00. The Labute approximate surface area is 110 Å². The van der Waals surface area contributed by atoms with Crippen molar-refractivity contribution in [2.45, 2.75) is 0 Å². The van der Waals surface area contributed by atoms with Gasteiger partial charge in [0.2, 0.25) is 0 Å². The predicted molar refractivity (Wildman–Crippen MR) is 69.6 cm³/mol. The van der Waals surface area contributed by atoms with Crippen molar-refractivity contribution in [3.05, 3.63) is 44.3 Å². The fourth-order valence-corrected chi connectivity index (χ4v) is 1.95. The Balaban J connectivity index is 2.78. The van der Waals surface area contributed by atoms with Gasteiger partial charge in [-0.1, -0.05) is 34.1 Å². The molecule has 0 spiro atoms. The highest BCUT2D eigenvalue weighted by molar-refractivity contribution is 9.11. The number of nitrogens with one attached hydrogen (secondary N) is 1. The SMILES string of the molecule is C=C(Br)CNC(=O)c1ccc(Cl)cc1Br. The maximum atomic E-state index is 11.6.